The van der Waals surface area contributed by atoms with Gasteiger partial charge in [-0.15, -0.1) is 0 Å². The number of esters is 1. The van der Waals surface area contributed by atoms with Crippen LogP contribution in [0.5, 0.6) is 0 Å². The van der Waals surface area contributed by atoms with Crippen molar-refractivity contribution in [2.45, 2.75) is 72.8 Å². The third-order valence-electron chi connectivity index (χ3n) is 5.22. The number of hydrogen-bond donors (Lipinski definition) is 1. The average Bonchev–Trinajstić information content (AvgIpc) is 2.68. The highest BCUT2D eigenvalue weighted by Gasteiger charge is 2.44. The number of hydrogen-bond acceptors (Lipinski definition) is 4. The molecule has 0 fully saturated rings. The minimum Gasteiger partial charge on any atom is -0.480 e. The van der Waals surface area contributed by atoms with Crippen molar-refractivity contribution in [2.24, 2.45) is 5.41 Å². The van der Waals surface area contributed by atoms with Crippen LogP contribution in [-0.4, -0.2) is 30.1 Å². The number of carbonyl (C=O) groups is 2. The first-order chi connectivity index (χ1) is 12.9. The third-order valence-corrected chi connectivity index (χ3v) is 5.22. The highest BCUT2D eigenvalue weighted by Crippen LogP contribution is 2.29. The molecule has 0 saturated carbocycles. The molecule has 0 aromatic heterocycles. The Balaban J connectivity index is 2.86. The Morgan fingerprint density at radius 3 is 2.11 bits per heavy atom. The van der Waals surface area contributed by atoms with Gasteiger partial charge in [0.1, 0.15) is 6.61 Å². The van der Waals surface area contributed by atoms with Gasteiger partial charge in [0.15, 0.2) is 5.41 Å². The Labute approximate surface area is 163 Å². The Kier molecular flexibility index (Phi) is 9.90. The van der Waals surface area contributed by atoms with Crippen LogP contribution >= 0.6 is 0 Å². The van der Waals surface area contributed by atoms with E-state index >= 15 is 0 Å². The van der Waals surface area contributed by atoms with Crippen molar-refractivity contribution in [2.75, 3.05) is 18.0 Å². The molecule has 1 aromatic rings. The molecule has 0 heterocycles. The lowest BCUT2D eigenvalue weighted by molar-refractivity contribution is -0.170. The number of carboxylic acids is 1. The molecule has 0 saturated heterocycles. The first-order valence-electron chi connectivity index (χ1n) is 10.2. The van der Waals surface area contributed by atoms with Gasteiger partial charge in [0.2, 0.25) is 0 Å². The number of unbranched alkanes of at least 4 members (excludes halogenated alkanes) is 2. The van der Waals surface area contributed by atoms with Crippen molar-refractivity contribution < 1.29 is 19.4 Å². The van der Waals surface area contributed by atoms with Crippen LogP contribution in [0.15, 0.2) is 24.3 Å². The van der Waals surface area contributed by atoms with E-state index in [0.717, 1.165) is 50.0 Å². The molecule has 0 spiro atoms. The smallest absolute Gasteiger partial charge is 0.323 e. The van der Waals surface area contributed by atoms with Crippen LogP contribution in [0.4, 0.5) is 5.69 Å². The van der Waals surface area contributed by atoms with E-state index in [1.54, 1.807) is 13.8 Å². The molecular formula is C22H35NO4. The molecule has 0 atom stereocenters. The zero-order chi connectivity index (χ0) is 20.3. The van der Waals surface area contributed by atoms with Gasteiger partial charge >= 0.3 is 11.9 Å². The first kappa shape index (κ1) is 23.0. The maximum atomic E-state index is 12.4. The zero-order valence-electron chi connectivity index (χ0n) is 17.3. The number of nitrogens with zero attached hydrogens (tertiary/aromatic N) is 1. The second kappa shape index (κ2) is 11.6. The highest BCUT2D eigenvalue weighted by atomic mass is 16.5. The van der Waals surface area contributed by atoms with Gasteiger partial charge in [0, 0.05) is 18.8 Å². The minimum atomic E-state index is -1.45. The fourth-order valence-corrected chi connectivity index (χ4v) is 3.13. The van der Waals surface area contributed by atoms with Crippen molar-refractivity contribution in [3.63, 3.8) is 0 Å². The van der Waals surface area contributed by atoms with E-state index in [9.17, 15) is 14.7 Å². The van der Waals surface area contributed by atoms with Gasteiger partial charge in [-0.1, -0.05) is 52.7 Å². The lowest BCUT2D eigenvalue weighted by Crippen LogP contribution is -2.39. The van der Waals surface area contributed by atoms with Crippen molar-refractivity contribution in [1.29, 1.82) is 0 Å². The van der Waals surface area contributed by atoms with Gasteiger partial charge in [-0.25, -0.2) is 0 Å². The molecule has 152 valence electrons. The molecular weight excluding hydrogens is 342 g/mol. The summed E-state index contributed by atoms with van der Waals surface area (Å²) >= 11 is 0. The van der Waals surface area contributed by atoms with Crippen molar-refractivity contribution in [1.82, 2.24) is 0 Å². The summed E-state index contributed by atoms with van der Waals surface area (Å²) in [6.07, 6.45) is 5.00. The van der Waals surface area contributed by atoms with Crippen molar-refractivity contribution >= 4 is 17.6 Å². The van der Waals surface area contributed by atoms with Crippen LogP contribution in [0.25, 0.3) is 0 Å². The summed E-state index contributed by atoms with van der Waals surface area (Å²) in [5, 5.41) is 9.47. The number of ether oxygens (including phenoxy) is 1. The predicted octanol–water partition coefficient (Wildman–Crippen LogP) is 5.03. The number of anilines is 1. The molecule has 0 bridgehead atoms. The normalized spacial score (nSPS) is 11.3. The predicted molar refractivity (Wildman–Crippen MR) is 109 cm³/mol. The Bertz CT molecular complexity index is 588. The lowest BCUT2D eigenvalue weighted by atomic mass is 9.82. The molecule has 5 nitrogen and oxygen atoms in total. The average molecular weight is 378 g/mol. The summed E-state index contributed by atoms with van der Waals surface area (Å²) < 4.78 is 5.40. The van der Waals surface area contributed by atoms with E-state index in [2.05, 4.69) is 24.8 Å². The molecule has 0 radical (unpaired) electrons. The highest BCUT2D eigenvalue weighted by molar-refractivity contribution is 5.99. The molecule has 27 heavy (non-hydrogen) atoms. The minimum absolute atomic E-state index is 0.0943. The van der Waals surface area contributed by atoms with Gasteiger partial charge in [0.25, 0.3) is 0 Å². The Morgan fingerprint density at radius 2 is 1.63 bits per heavy atom. The topological polar surface area (TPSA) is 66.8 Å². The summed E-state index contributed by atoms with van der Waals surface area (Å²) in [6.45, 7) is 9.89. The van der Waals surface area contributed by atoms with Crippen LogP contribution in [0.3, 0.4) is 0 Å². The molecule has 0 unspecified atom stereocenters. The summed E-state index contributed by atoms with van der Waals surface area (Å²) in [4.78, 5) is 26.4. The Hall–Kier alpha value is -2.04. The second-order valence-corrected chi connectivity index (χ2v) is 7.03. The van der Waals surface area contributed by atoms with Gasteiger partial charge < -0.3 is 14.7 Å². The summed E-state index contributed by atoms with van der Waals surface area (Å²) in [5.41, 5.74) is 0.553. The molecule has 0 aliphatic heterocycles. The molecule has 5 heteroatoms. The van der Waals surface area contributed by atoms with E-state index in [1.807, 2.05) is 18.2 Å². The Morgan fingerprint density at radius 1 is 1.04 bits per heavy atom. The molecule has 0 aliphatic carbocycles. The van der Waals surface area contributed by atoms with Crippen LogP contribution in [-0.2, 0) is 20.9 Å². The van der Waals surface area contributed by atoms with Crippen LogP contribution in [0.1, 0.15) is 71.8 Å². The van der Waals surface area contributed by atoms with Gasteiger partial charge in [-0.2, -0.15) is 0 Å². The largest absolute Gasteiger partial charge is 0.480 e. The van der Waals surface area contributed by atoms with Crippen molar-refractivity contribution in [3.05, 3.63) is 29.8 Å². The number of benzene rings is 1. The van der Waals surface area contributed by atoms with Crippen LogP contribution in [0.2, 0.25) is 0 Å². The number of carboxylic acid groups (broad SMARTS) is 1. The number of aliphatic carboxylic acids is 1. The van der Waals surface area contributed by atoms with Crippen LogP contribution < -0.4 is 4.90 Å². The third kappa shape index (κ3) is 6.26. The number of rotatable bonds is 13. The van der Waals surface area contributed by atoms with Crippen molar-refractivity contribution in [3.8, 4) is 0 Å². The first-order valence-corrected chi connectivity index (χ1v) is 10.2. The molecule has 1 aromatic carbocycles. The maximum absolute atomic E-state index is 12.4. The van der Waals surface area contributed by atoms with Gasteiger partial charge in [-0.3, -0.25) is 9.59 Å². The molecule has 0 aliphatic rings. The summed E-state index contributed by atoms with van der Waals surface area (Å²) in [5.74, 6) is -1.77. The maximum Gasteiger partial charge on any atom is 0.323 e. The van der Waals surface area contributed by atoms with Gasteiger partial charge in [0.05, 0.1) is 0 Å². The fourth-order valence-electron chi connectivity index (χ4n) is 3.13. The SMILES string of the molecule is CCCCN(CCCC)c1cccc(COC(=O)C(CC)(CC)C(=O)O)c1. The van der Waals surface area contributed by atoms with Crippen LogP contribution in [0, 0.1) is 5.41 Å². The molecule has 1 N–H and O–H groups in total. The number of carbonyl (C=O) groups excluding carboxylic acids is 1. The standard InChI is InChI=1S/C22H35NO4/c1-5-9-14-23(15-10-6-2)19-13-11-12-18(16-19)17-27-21(26)22(7-3,8-4)20(24)25/h11-13,16H,5-10,14-15,17H2,1-4H3,(H,24,25). The van der Waals surface area contributed by atoms with E-state index in [1.165, 1.54) is 0 Å². The second-order valence-electron chi connectivity index (χ2n) is 7.03. The lowest BCUT2D eigenvalue weighted by Gasteiger charge is -2.26. The quantitative estimate of drug-likeness (QED) is 0.386. The van der Waals surface area contributed by atoms with E-state index < -0.39 is 17.4 Å². The van der Waals surface area contributed by atoms with E-state index in [0.29, 0.717) is 0 Å². The molecule has 1 rings (SSSR count). The van der Waals surface area contributed by atoms with E-state index in [-0.39, 0.29) is 19.4 Å². The monoisotopic (exact) mass is 377 g/mol. The summed E-state index contributed by atoms with van der Waals surface area (Å²) in [7, 11) is 0. The fraction of sp³-hybridized carbons (Fsp3) is 0.636. The summed E-state index contributed by atoms with van der Waals surface area (Å²) in [6, 6.07) is 8.00. The zero-order valence-corrected chi connectivity index (χ0v) is 17.3. The van der Waals surface area contributed by atoms with E-state index in [4.69, 9.17) is 4.74 Å². The van der Waals surface area contributed by atoms with Gasteiger partial charge in [-0.05, 0) is 43.4 Å². The molecule has 0 amide bonds.